The molecular weight excluding hydrogens is 328 g/mol. The van der Waals surface area contributed by atoms with E-state index in [2.05, 4.69) is 4.90 Å². The standard InChI is InChI=1S/C21H20N2O3/c24-20-13-23(12-15(20)10-21(25)26)19-11-18(14-6-2-1-3-7-14)22-17-9-5-4-8-16(17)19/h1-9,11,15,20,24H,10,12-13H2,(H,25,26)/t15-,20-/m1/s1. The maximum absolute atomic E-state index is 11.1. The molecule has 0 saturated carbocycles. The van der Waals surface area contributed by atoms with E-state index in [0.29, 0.717) is 13.1 Å². The second-order valence-electron chi connectivity index (χ2n) is 6.74. The summed E-state index contributed by atoms with van der Waals surface area (Å²) < 4.78 is 0. The number of hydrogen-bond donors (Lipinski definition) is 2. The van der Waals surface area contributed by atoms with Crippen LogP contribution in [0.25, 0.3) is 22.2 Å². The summed E-state index contributed by atoms with van der Waals surface area (Å²) in [6.07, 6.45) is -0.662. The van der Waals surface area contributed by atoms with E-state index in [9.17, 15) is 9.90 Å². The summed E-state index contributed by atoms with van der Waals surface area (Å²) >= 11 is 0. The number of carboxylic acids is 1. The lowest BCUT2D eigenvalue weighted by Crippen LogP contribution is -2.21. The molecule has 0 spiro atoms. The Labute approximate surface area is 151 Å². The molecule has 0 radical (unpaired) electrons. The number of rotatable bonds is 4. The Hall–Kier alpha value is -2.92. The van der Waals surface area contributed by atoms with Gasteiger partial charge < -0.3 is 15.1 Å². The van der Waals surface area contributed by atoms with Crippen molar-refractivity contribution in [2.45, 2.75) is 12.5 Å². The van der Waals surface area contributed by atoms with E-state index < -0.39 is 12.1 Å². The van der Waals surface area contributed by atoms with Crippen LogP contribution in [0.2, 0.25) is 0 Å². The molecule has 1 saturated heterocycles. The summed E-state index contributed by atoms with van der Waals surface area (Å²) in [5, 5.41) is 20.4. The van der Waals surface area contributed by atoms with Gasteiger partial charge >= 0.3 is 5.97 Å². The van der Waals surface area contributed by atoms with E-state index in [4.69, 9.17) is 10.1 Å². The number of hydrogen-bond acceptors (Lipinski definition) is 4. The van der Waals surface area contributed by atoms with Crippen LogP contribution < -0.4 is 4.90 Å². The van der Waals surface area contributed by atoms with Crippen LogP contribution in [-0.4, -0.2) is 40.4 Å². The summed E-state index contributed by atoms with van der Waals surface area (Å²) in [5.41, 5.74) is 3.78. The maximum Gasteiger partial charge on any atom is 0.303 e. The van der Waals surface area contributed by atoms with Crippen molar-refractivity contribution in [2.75, 3.05) is 18.0 Å². The number of benzene rings is 2. The van der Waals surface area contributed by atoms with E-state index >= 15 is 0 Å². The molecule has 1 fully saturated rings. The number of anilines is 1. The molecule has 132 valence electrons. The number of para-hydroxylation sites is 1. The maximum atomic E-state index is 11.1. The third-order valence-electron chi connectivity index (χ3n) is 4.95. The number of aliphatic hydroxyl groups is 1. The van der Waals surface area contributed by atoms with Crippen molar-refractivity contribution in [3.05, 3.63) is 60.7 Å². The van der Waals surface area contributed by atoms with E-state index in [-0.39, 0.29) is 12.3 Å². The lowest BCUT2D eigenvalue weighted by atomic mass is 10.0. The van der Waals surface area contributed by atoms with Gasteiger partial charge in [0.1, 0.15) is 0 Å². The van der Waals surface area contributed by atoms with Gasteiger partial charge in [0, 0.05) is 35.6 Å². The average molecular weight is 348 g/mol. The zero-order valence-corrected chi connectivity index (χ0v) is 14.2. The third kappa shape index (κ3) is 3.13. The summed E-state index contributed by atoms with van der Waals surface area (Å²) in [6.45, 7) is 0.954. The highest BCUT2D eigenvalue weighted by Crippen LogP contribution is 2.34. The molecule has 5 heteroatoms. The van der Waals surface area contributed by atoms with Gasteiger partial charge in [-0.15, -0.1) is 0 Å². The van der Waals surface area contributed by atoms with Gasteiger partial charge in [-0.05, 0) is 12.1 Å². The molecule has 1 aliphatic rings. The summed E-state index contributed by atoms with van der Waals surface area (Å²) in [4.78, 5) is 17.9. The largest absolute Gasteiger partial charge is 0.481 e. The summed E-state index contributed by atoms with van der Waals surface area (Å²) in [5.74, 6) is -1.14. The van der Waals surface area contributed by atoms with Crippen molar-refractivity contribution in [1.29, 1.82) is 0 Å². The van der Waals surface area contributed by atoms with E-state index in [1.54, 1.807) is 0 Å². The van der Waals surface area contributed by atoms with Crippen LogP contribution in [0.5, 0.6) is 0 Å². The highest BCUT2D eigenvalue weighted by atomic mass is 16.4. The minimum atomic E-state index is -0.875. The first-order chi connectivity index (χ1) is 12.6. The fourth-order valence-electron chi connectivity index (χ4n) is 3.65. The fourth-order valence-corrected chi connectivity index (χ4v) is 3.65. The Bertz CT molecular complexity index is 942. The van der Waals surface area contributed by atoms with Crippen molar-refractivity contribution in [3.8, 4) is 11.3 Å². The molecule has 1 aromatic heterocycles. The first kappa shape index (κ1) is 16.5. The van der Waals surface area contributed by atoms with Crippen molar-refractivity contribution >= 4 is 22.6 Å². The molecule has 4 rings (SSSR count). The van der Waals surface area contributed by atoms with E-state index in [1.165, 1.54) is 0 Å². The van der Waals surface area contributed by atoms with Gasteiger partial charge in [0.15, 0.2) is 0 Å². The Morgan fingerprint density at radius 3 is 2.58 bits per heavy atom. The highest BCUT2D eigenvalue weighted by molar-refractivity contribution is 5.94. The highest BCUT2D eigenvalue weighted by Gasteiger charge is 2.33. The molecule has 5 nitrogen and oxygen atoms in total. The minimum Gasteiger partial charge on any atom is -0.481 e. The molecule has 26 heavy (non-hydrogen) atoms. The molecule has 3 aromatic rings. The lowest BCUT2D eigenvalue weighted by Gasteiger charge is -2.21. The monoisotopic (exact) mass is 348 g/mol. The summed E-state index contributed by atoms with van der Waals surface area (Å²) in [7, 11) is 0. The number of fused-ring (bicyclic) bond motifs is 1. The third-order valence-corrected chi connectivity index (χ3v) is 4.95. The van der Waals surface area contributed by atoms with Crippen molar-refractivity contribution in [1.82, 2.24) is 4.98 Å². The number of β-amino-alcohol motifs (C(OH)–C–C–N with tert-alkyl or cyclic N) is 1. The van der Waals surface area contributed by atoms with Crippen molar-refractivity contribution in [3.63, 3.8) is 0 Å². The SMILES string of the molecule is O=C(O)C[C@@H]1CN(c2cc(-c3ccccc3)nc3ccccc23)C[C@H]1O. The molecule has 0 aliphatic carbocycles. The molecule has 0 bridgehead atoms. The van der Waals surface area contributed by atoms with Crippen LogP contribution in [0.4, 0.5) is 5.69 Å². The predicted octanol–water partition coefficient (Wildman–Crippen LogP) is 3.17. The van der Waals surface area contributed by atoms with Gasteiger partial charge in [0.2, 0.25) is 0 Å². The van der Waals surface area contributed by atoms with Gasteiger partial charge in [-0.25, -0.2) is 4.98 Å². The number of carbonyl (C=O) groups is 1. The molecule has 0 unspecified atom stereocenters. The quantitative estimate of drug-likeness (QED) is 0.758. The van der Waals surface area contributed by atoms with Crippen molar-refractivity contribution < 1.29 is 15.0 Å². The van der Waals surface area contributed by atoms with Crippen LogP contribution in [0.15, 0.2) is 60.7 Å². The first-order valence-electron chi connectivity index (χ1n) is 8.72. The van der Waals surface area contributed by atoms with Crippen LogP contribution >= 0.6 is 0 Å². The number of pyridine rings is 1. The van der Waals surface area contributed by atoms with Gasteiger partial charge in [-0.3, -0.25) is 4.79 Å². The number of aliphatic hydroxyl groups excluding tert-OH is 1. The molecule has 2 aromatic carbocycles. The minimum absolute atomic E-state index is 0.0216. The predicted molar refractivity (Wildman–Crippen MR) is 101 cm³/mol. The topological polar surface area (TPSA) is 73.7 Å². The number of nitrogens with zero attached hydrogens (tertiary/aromatic N) is 2. The number of aromatic nitrogens is 1. The van der Waals surface area contributed by atoms with Crippen LogP contribution in [0.3, 0.4) is 0 Å². The molecule has 2 N–H and O–H groups in total. The van der Waals surface area contributed by atoms with Crippen LogP contribution in [0, 0.1) is 5.92 Å². The van der Waals surface area contributed by atoms with Gasteiger partial charge in [-0.2, -0.15) is 0 Å². The van der Waals surface area contributed by atoms with E-state index in [1.807, 2.05) is 60.7 Å². The fraction of sp³-hybridized carbons (Fsp3) is 0.238. The molecule has 2 atom stereocenters. The average Bonchev–Trinajstić information content (AvgIpc) is 3.01. The molecule has 0 amide bonds. The van der Waals surface area contributed by atoms with Crippen LogP contribution in [-0.2, 0) is 4.79 Å². The Morgan fingerprint density at radius 1 is 1.08 bits per heavy atom. The van der Waals surface area contributed by atoms with E-state index in [0.717, 1.165) is 27.8 Å². The first-order valence-corrected chi connectivity index (χ1v) is 8.72. The Balaban J connectivity index is 1.78. The Morgan fingerprint density at radius 2 is 1.81 bits per heavy atom. The van der Waals surface area contributed by atoms with Crippen molar-refractivity contribution in [2.24, 2.45) is 5.92 Å². The number of aliphatic carboxylic acids is 1. The smallest absolute Gasteiger partial charge is 0.303 e. The second-order valence-corrected chi connectivity index (χ2v) is 6.74. The van der Waals surface area contributed by atoms with Gasteiger partial charge in [0.05, 0.1) is 23.7 Å². The lowest BCUT2D eigenvalue weighted by molar-refractivity contribution is -0.138. The Kier molecular flexibility index (Phi) is 4.31. The molecule has 1 aliphatic heterocycles. The molecular formula is C21H20N2O3. The van der Waals surface area contributed by atoms with Gasteiger partial charge in [0.25, 0.3) is 0 Å². The zero-order valence-electron chi connectivity index (χ0n) is 14.2. The summed E-state index contributed by atoms with van der Waals surface area (Å²) in [6, 6.07) is 19.9. The zero-order chi connectivity index (χ0) is 18.1. The second kappa shape index (κ2) is 6.77. The molecule has 2 heterocycles. The number of carboxylic acid groups (broad SMARTS) is 1. The van der Waals surface area contributed by atoms with Crippen LogP contribution in [0.1, 0.15) is 6.42 Å². The van der Waals surface area contributed by atoms with Gasteiger partial charge in [-0.1, -0.05) is 48.5 Å². The normalized spacial score (nSPS) is 19.8.